The molecule has 4 nitrogen and oxygen atoms in total. The maximum Gasteiger partial charge on any atom is 0.330 e. The van der Waals surface area contributed by atoms with Crippen molar-refractivity contribution in [3.63, 3.8) is 0 Å². The van der Waals surface area contributed by atoms with Crippen molar-refractivity contribution < 1.29 is 18.4 Å². The fourth-order valence-electron chi connectivity index (χ4n) is 1.77. The van der Waals surface area contributed by atoms with Gasteiger partial charge in [-0.1, -0.05) is 28.1 Å². The van der Waals surface area contributed by atoms with E-state index in [1.165, 1.54) is 0 Å². The van der Waals surface area contributed by atoms with E-state index in [9.17, 15) is 9.36 Å². The van der Waals surface area contributed by atoms with Gasteiger partial charge in [0.25, 0.3) is 0 Å². The fraction of sp³-hybridized carbons (Fsp3) is 0.500. The number of Topliss-reactive ketones (excluding diaryl/α,β-unsaturated/α-hetero) is 1. The predicted octanol–water partition coefficient (Wildman–Crippen LogP) is 4.68. The summed E-state index contributed by atoms with van der Waals surface area (Å²) in [6, 6.07) is 7.21. The molecule has 1 rings (SSSR count). The molecule has 6 heteroatoms. The lowest BCUT2D eigenvalue weighted by molar-refractivity contribution is 0.0981. The van der Waals surface area contributed by atoms with Crippen LogP contribution >= 0.6 is 23.5 Å². The van der Waals surface area contributed by atoms with Crippen LogP contribution in [0.1, 0.15) is 37.0 Å². The smallest absolute Gasteiger partial charge is 0.309 e. The minimum atomic E-state index is -3.03. The third-order valence-corrected chi connectivity index (χ3v) is 5.35. The van der Waals surface area contributed by atoms with Gasteiger partial charge in [0.2, 0.25) is 0 Å². The van der Waals surface area contributed by atoms with Crippen LogP contribution in [0.2, 0.25) is 0 Å². The summed E-state index contributed by atoms with van der Waals surface area (Å²) in [7, 11) is -3.03. The molecule has 1 aromatic carbocycles. The van der Waals surface area contributed by atoms with Crippen molar-refractivity contribution in [2.45, 2.75) is 26.7 Å². The highest BCUT2D eigenvalue weighted by Crippen LogP contribution is 2.48. The zero-order chi connectivity index (χ0) is 15.0. The minimum absolute atomic E-state index is 0.0389. The van der Waals surface area contributed by atoms with E-state index in [-0.39, 0.29) is 11.9 Å². The number of carbonyl (C=O) groups excluding carboxylic acids is 1. The standard InChI is InChI=1S/C14H20BrO4P/c1-3-18-20(17,19-4-2)11-5-6-14(16)12-7-9-13(15)10-8-12/h7-10H,3-6,11H2,1-2H3. The van der Waals surface area contributed by atoms with Crippen LogP contribution in [0.4, 0.5) is 0 Å². The van der Waals surface area contributed by atoms with Crippen LogP contribution in [0, 0.1) is 0 Å². The zero-order valence-electron chi connectivity index (χ0n) is 11.8. The van der Waals surface area contributed by atoms with E-state index in [0.29, 0.717) is 31.6 Å². The maximum atomic E-state index is 12.2. The summed E-state index contributed by atoms with van der Waals surface area (Å²) < 4.78 is 23.5. The highest BCUT2D eigenvalue weighted by Gasteiger charge is 2.23. The van der Waals surface area contributed by atoms with Gasteiger partial charge in [-0.05, 0) is 32.4 Å². The number of hydrogen-bond donors (Lipinski definition) is 0. The average Bonchev–Trinajstić information content (AvgIpc) is 2.39. The van der Waals surface area contributed by atoms with E-state index in [1.807, 2.05) is 12.1 Å². The zero-order valence-corrected chi connectivity index (χ0v) is 14.3. The van der Waals surface area contributed by atoms with Gasteiger partial charge in [0.1, 0.15) is 0 Å². The Kier molecular flexibility index (Phi) is 7.67. The minimum Gasteiger partial charge on any atom is -0.309 e. The second kappa shape index (κ2) is 8.73. The molecule has 20 heavy (non-hydrogen) atoms. The summed E-state index contributed by atoms with van der Waals surface area (Å²) >= 11 is 3.33. The molecule has 0 atom stereocenters. The van der Waals surface area contributed by atoms with Gasteiger partial charge in [0, 0.05) is 16.5 Å². The van der Waals surface area contributed by atoms with Crippen molar-refractivity contribution in [3.8, 4) is 0 Å². The van der Waals surface area contributed by atoms with Crippen LogP contribution in [0.3, 0.4) is 0 Å². The molecule has 112 valence electrons. The number of ketones is 1. The van der Waals surface area contributed by atoms with Crippen LogP contribution in [-0.4, -0.2) is 25.2 Å². The molecule has 0 fully saturated rings. The number of carbonyl (C=O) groups is 1. The quantitative estimate of drug-likeness (QED) is 0.472. The molecule has 0 N–H and O–H groups in total. The maximum absolute atomic E-state index is 12.2. The van der Waals surface area contributed by atoms with Crippen molar-refractivity contribution in [2.24, 2.45) is 0 Å². The van der Waals surface area contributed by atoms with E-state index in [2.05, 4.69) is 15.9 Å². The Labute approximate surface area is 128 Å². The van der Waals surface area contributed by atoms with E-state index in [0.717, 1.165) is 4.47 Å². The van der Waals surface area contributed by atoms with Crippen LogP contribution in [0.5, 0.6) is 0 Å². The van der Waals surface area contributed by atoms with E-state index in [4.69, 9.17) is 9.05 Å². The first-order valence-electron chi connectivity index (χ1n) is 6.67. The van der Waals surface area contributed by atoms with Crippen LogP contribution in [0.25, 0.3) is 0 Å². The summed E-state index contributed by atoms with van der Waals surface area (Å²) in [5.74, 6) is 0.0389. The molecule has 0 bridgehead atoms. The number of halogens is 1. The van der Waals surface area contributed by atoms with Crippen LogP contribution in [-0.2, 0) is 13.6 Å². The first-order chi connectivity index (χ1) is 9.50. The van der Waals surface area contributed by atoms with E-state index >= 15 is 0 Å². The second-order valence-corrected chi connectivity index (χ2v) is 7.30. The van der Waals surface area contributed by atoms with Crippen molar-refractivity contribution in [3.05, 3.63) is 34.3 Å². The lowest BCUT2D eigenvalue weighted by Crippen LogP contribution is -2.04. The SMILES string of the molecule is CCOP(=O)(CCCC(=O)c1ccc(Br)cc1)OCC. The molecular formula is C14H20BrO4P. The first kappa shape index (κ1) is 17.6. The summed E-state index contributed by atoms with van der Waals surface area (Å²) in [5, 5.41) is 0. The Balaban J connectivity index is 2.48. The molecule has 0 aliphatic heterocycles. The molecule has 0 aliphatic rings. The van der Waals surface area contributed by atoms with Crippen molar-refractivity contribution >= 4 is 29.3 Å². The molecule has 0 radical (unpaired) electrons. The van der Waals surface area contributed by atoms with E-state index in [1.54, 1.807) is 26.0 Å². The molecule has 1 aromatic rings. The third kappa shape index (κ3) is 5.88. The summed E-state index contributed by atoms with van der Waals surface area (Å²) in [4.78, 5) is 12.0. The van der Waals surface area contributed by atoms with Gasteiger partial charge in [-0.25, -0.2) is 0 Å². The predicted molar refractivity (Wildman–Crippen MR) is 83.4 cm³/mol. The van der Waals surface area contributed by atoms with Gasteiger partial charge in [-0.2, -0.15) is 0 Å². The van der Waals surface area contributed by atoms with Gasteiger partial charge in [-0.3, -0.25) is 9.36 Å². The molecular weight excluding hydrogens is 343 g/mol. The third-order valence-electron chi connectivity index (χ3n) is 2.65. The molecule has 0 spiro atoms. The topological polar surface area (TPSA) is 52.6 Å². The highest BCUT2D eigenvalue weighted by molar-refractivity contribution is 9.10. The second-order valence-electron chi connectivity index (χ2n) is 4.20. The molecule has 0 amide bonds. The largest absolute Gasteiger partial charge is 0.330 e. The van der Waals surface area contributed by atoms with Crippen LogP contribution < -0.4 is 0 Å². The summed E-state index contributed by atoms with van der Waals surface area (Å²) in [5.41, 5.74) is 0.663. The number of rotatable bonds is 9. The monoisotopic (exact) mass is 362 g/mol. The Morgan fingerprint density at radius 1 is 1.15 bits per heavy atom. The Bertz CT molecular complexity index is 463. The van der Waals surface area contributed by atoms with Crippen molar-refractivity contribution in [1.82, 2.24) is 0 Å². The van der Waals surface area contributed by atoms with Gasteiger partial charge >= 0.3 is 7.60 Å². The Morgan fingerprint density at radius 2 is 1.70 bits per heavy atom. The van der Waals surface area contributed by atoms with Gasteiger partial charge in [-0.15, -0.1) is 0 Å². The van der Waals surface area contributed by atoms with Gasteiger partial charge in [0.05, 0.1) is 19.4 Å². The molecule has 0 saturated heterocycles. The lowest BCUT2D eigenvalue weighted by Gasteiger charge is -2.16. The highest BCUT2D eigenvalue weighted by atomic mass is 79.9. The molecule has 0 saturated carbocycles. The molecule has 0 unspecified atom stereocenters. The van der Waals surface area contributed by atoms with Gasteiger partial charge in [0.15, 0.2) is 5.78 Å². The fourth-order valence-corrected chi connectivity index (χ4v) is 3.70. The average molecular weight is 363 g/mol. The molecule has 0 aliphatic carbocycles. The number of hydrogen-bond acceptors (Lipinski definition) is 4. The molecule has 0 aromatic heterocycles. The number of benzene rings is 1. The first-order valence-corrected chi connectivity index (χ1v) is 9.19. The Morgan fingerprint density at radius 3 is 2.20 bits per heavy atom. The summed E-state index contributed by atoms with van der Waals surface area (Å²) in [6.07, 6.45) is 1.11. The Hall–Kier alpha value is -0.480. The molecule has 0 heterocycles. The van der Waals surface area contributed by atoms with Crippen molar-refractivity contribution in [2.75, 3.05) is 19.4 Å². The van der Waals surface area contributed by atoms with Gasteiger partial charge < -0.3 is 9.05 Å². The normalized spacial score (nSPS) is 11.6. The van der Waals surface area contributed by atoms with E-state index < -0.39 is 7.60 Å². The van der Waals surface area contributed by atoms with Crippen LogP contribution in [0.15, 0.2) is 28.7 Å². The lowest BCUT2D eigenvalue weighted by atomic mass is 10.1. The summed E-state index contributed by atoms with van der Waals surface area (Å²) in [6.45, 7) is 4.24. The van der Waals surface area contributed by atoms with Crippen molar-refractivity contribution in [1.29, 1.82) is 0 Å².